The van der Waals surface area contributed by atoms with Gasteiger partial charge in [-0.05, 0) is 18.6 Å². The Bertz CT molecular complexity index is 289. The molecule has 0 aliphatic rings. The first-order valence-electron chi connectivity index (χ1n) is 4.33. The van der Waals surface area contributed by atoms with E-state index in [0.717, 1.165) is 6.42 Å². The van der Waals surface area contributed by atoms with Crippen molar-refractivity contribution in [2.45, 2.75) is 6.42 Å². The van der Waals surface area contributed by atoms with Gasteiger partial charge in [-0.15, -0.1) is 11.6 Å². The SMILES string of the molecule is COc1ccc(O)cc1OCCCCl. The van der Waals surface area contributed by atoms with Crippen LogP contribution in [0.3, 0.4) is 0 Å². The van der Waals surface area contributed by atoms with Crippen molar-refractivity contribution in [1.29, 1.82) is 0 Å². The van der Waals surface area contributed by atoms with E-state index < -0.39 is 0 Å². The lowest BCUT2D eigenvalue weighted by Gasteiger charge is -2.09. The third-order valence-electron chi connectivity index (χ3n) is 1.68. The Hall–Kier alpha value is -1.09. The molecule has 1 rings (SSSR count). The predicted molar refractivity (Wildman–Crippen MR) is 55.5 cm³/mol. The molecule has 3 nitrogen and oxygen atoms in total. The van der Waals surface area contributed by atoms with Gasteiger partial charge in [0.25, 0.3) is 0 Å². The number of hydrogen-bond donors (Lipinski definition) is 1. The number of phenolic OH excluding ortho intramolecular Hbond substituents is 1. The molecule has 0 saturated carbocycles. The van der Waals surface area contributed by atoms with Crippen LogP contribution in [-0.2, 0) is 0 Å². The number of hydrogen-bond acceptors (Lipinski definition) is 3. The summed E-state index contributed by atoms with van der Waals surface area (Å²) in [6.07, 6.45) is 0.764. The summed E-state index contributed by atoms with van der Waals surface area (Å²) < 4.78 is 10.4. The van der Waals surface area contributed by atoms with Gasteiger partial charge in [0.05, 0.1) is 13.7 Å². The van der Waals surface area contributed by atoms with Crippen molar-refractivity contribution in [1.82, 2.24) is 0 Å². The number of alkyl halides is 1. The van der Waals surface area contributed by atoms with Crippen LogP contribution in [0.1, 0.15) is 6.42 Å². The zero-order chi connectivity index (χ0) is 10.4. The van der Waals surface area contributed by atoms with Crippen molar-refractivity contribution in [3.05, 3.63) is 18.2 Å². The fourth-order valence-corrected chi connectivity index (χ4v) is 1.12. The van der Waals surface area contributed by atoms with E-state index in [0.29, 0.717) is 24.0 Å². The number of rotatable bonds is 5. The lowest BCUT2D eigenvalue weighted by atomic mass is 10.3. The Morgan fingerprint density at radius 3 is 2.79 bits per heavy atom. The van der Waals surface area contributed by atoms with Crippen LogP contribution in [0, 0.1) is 0 Å². The first-order chi connectivity index (χ1) is 6.77. The maximum atomic E-state index is 9.23. The molecule has 0 saturated heterocycles. The highest BCUT2D eigenvalue weighted by Crippen LogP contribution is 2.30. The second kappa shape index (κ2) is 5.60. The highest BCUT2D eigenvalue weighted by molar-refractivity contribution is 6.17. The van der Waals surface area contributed by atoms with E-state index in [1.54, 1.807) is 19.2 Å². The van der Waals surface area contributed by atoms with Crippen molar-refractivity contribution >= 4 is 11.6 Å². The molecule has 1 aromatic rings. The molecule has 4 heteroatoms. The van der Waals surface area contributed by atoms with Crippen LogP contribution in [0.15, 0.2) is 18.2 Å². The van der Waals surface area contributed by atoms with Crippen molar-refractivity contribution < 1.29 is 14.6 Å². The summed E-state index contributed by atoms with van der Waals surface area (Å²) in [6.45, 7) is 0.517. The van der Waals surface area contributed by atoms with Crippen molar-refractivity contribution in [3.63, 3.8) is 0 Å². The molecule has 14 heavy (non-hydrogen) atoms. The van der Waals surface area contributed by atoms with Gasteiger partial charge in [0, 0.05) is 11.9 Å². The third kappa shape index (κ3) is 3.00. The lowest BCUT2D eigenvalue weighted by Crippen LogP contribution is -1.99. The van der Waals surface area contributed by atoms with Crippen LogP contribution in [0.25, 0.3) is 0 Å². The summed E-state index contributed by atoms with van der Waals surface area (Å²) in [6, 6.07) is 4.73. The van der Waals surface area contributed by atoms with E-state index in [2.05, 4.69) is 0 Å². The van der Waals surface area contributed by atoms with E-state index in [9.17, 15) is 5.11 Å². The fraction of sp³-hybridized carbons (Fsp3) is 0.400. The number of aromatic hydroxyl groups is 1. The van der Waals surface area contributed by atoms with Crippen molar-refractivity contribution in [3.8, 4) is 17.2 Å². The summed E-state index contributed by atoms with van der Waals surface area (Å²) in [5.41, 5.74) is 0. The fourth-order valence-electron chi connectivity index (χ4n) is 1.01. The van der Waals surface area contributed by atoms with Crippen molar-refractivity contribution in [2.24, 2.45) is 0 Å². The second-order valence-corrected chi connectivity index (χ2v) is 3.10. The first kappa shape index (κ1) is 11.0. The molecular formula is C10H13ClO3. The molecule has 0 fully saturated rings. The maximum Gasteiger partial charge on any atom is 0.164 e. The van der Waals surface area contributed by atoms with Crippen LogP contribution in [0.2, 0.25) is 0 Å². The standard InChI is InChI=1S/C10H13ClO3/c1-13-9-4-3-8(12)7-10(9)14-6-2-5-11/h3-4,7,12H,2,5-6H2,1H3. The topological polar surface area (TPSA) is 38.7 Å². The van der Waals surface area contributed by atoms with Crippen molar-refractivity contribution in [2.75, 3.05) is 19.6 Å². The average Bonchev–Trinajstić information content (AvgIpc) is 2.19. The Labute approximate surface area is 88.2 Å². The van der Waals surface area contributed by atoms with E-state index in [-0.39, 0.29) is 5.75 Å². The molecule has 1 N–H and O–H groups in total. The zero-order valence-electron chi connectivity index (χ0n) is 8.00. The van der Waals surface area contributed by atoms with Gasteiger partial charge in [-0.2, -0.15) is 0 Å². The Morgan fingerprint density at radius 1 is 1.36 bits per heavy atom. The number of ether oxygens (including phenoxy) is 2. The molecule has 0 aromatic heterocycles. The Morgan fingerprint density at radius 2 is 2.14 bits per heavy atom. The summed E-state index contributed by atoms with van der Waals surface area (Å²) in [4.78, 5) is 0. The lowest BCUT2D eigenvalue weighted by molar-refractivity contribution is 0.293. The molecule has 0 radical (unpaired) electrons. The van der Waals surface area contributed by atoms with Crippen LogP contribution in [0.4, 0.5) is 0 Å². The van der Waals surface area contributed by atoms with Gasteiger partial charge in [-0.25, -0.2) is 0 Å². The molecule has 0 amide bonds. The minimum atomic E-state index is 0.159. The zero-order valence-corrected chi connectivity index (χ0v) is 8.75. The van der Waals surface area contributed by atoms with E-state index in [4.69, 9.17) is 21.1 Å². The monoisotopic (exact) mass is 216 g/mol. The first-order valence-corrected chi connectivity index (χ1v) is 4.87. The Balaban J connectivity index is 2.67. The predicted octanol–water partition coefficient (Wildman–Crippen LogP) is 2.41. The highest BCUT2D eigenvalue weighted by Gasteiger charge is 2.04. The number of benzene rings is 1. The minimum absolute atomic E-state index is 0.159. The molecule has 0 atom stereocenters. The van der Waals surface area contributed by atoms with Crippen LogP contribution in [0.5, 0.6) is 17.2 Å². The minimum Gasteiger partial charge on any atom is -0.508 e. The highest BCUT2D eigenvalue weighted by atomic mass is 35.5. The number of halogens is 1. The molecule has 0 spiro atoms. The molecule has 0 bridgehead atoms. The van der Waals surface area contributed by atoms with E-state index >= 15 is 0 Å². The summed E-state index contributed by atoms with van der Waals surface area (Å²) >= 11 is 5.51. The number of methoxy groups -OCH3 is 1. The van der Waals surface area contributed by atoms with E-state index in [1.807, 2.05) is 0 Å². The summed E-state index contributed by atoms with van der Waals surface area (Å²) in [5, 5.41) is 9.23. The second-order valence-electron chi connectivity index (χ2n) is 2.73. The molecule has 0 aliphatic carbocycles. The normalized spacial score (nSPS) is 9.86. The molecule has 0 heterocycles. The summed E-state index contributed by atoms with van der Waals surface area (Å²) in [5.74, 6) is 1.86. The van der Waals surface area contributed by atoms with Gasteiger partial charge in [0.2, 0.25) is 0 Å². The maximum absolute atomic E-state index is 9.23. The summed E-state index contributed by atoms with van der Waals surface area (Å²) in [7, 11) is 1.56. The molecule has 0 unspecified atom stereocenters. The largest absolute Gasteiger partial charge is 0.508 e. The number of phenols is 1. The van der Waals surface area contributed by atoms with Crippen LogP contribution >= 0.6 is 11.6 Å². The quantitative estimate of drug-likeness (QED) is 0.607. The van der Waals surface area contributed by atoms with Crippen LogP contribution < -0.4 is 9.47 Å². The van der Waals surface area contributed by atoms with Gasteiger partial charge in [0.1, 0.15) is 5.75 Å². The smallest absolute Gasteiger partial charge is 0.164 e. The van der Waals surface area contributed by atoms with Gasteiger partial charge >= 0.3 is 0 Å². The molecular weight excluding hydrogens is 204 g/mol. The van der Waals surface area contributed by atoms with Crippen LogP contribution in [-0.4, -0.2) is 24.7 Å². The van der Waals surface area contributed by atoms with Gasteiger partial charge in [0.15, 0.2) is 11.5 Å². The Kier molecular flexibility index (Phi) is 4.40. The molecule has 0 aliphatic heterocycles. The molecule has 78 valence electrons. The van der Waals surface area contributed by atoms with E-state index in [1.165, 1.54) is 6.07 Å². The molecule has 1 aromatic carbocycles. The van der Waals surface area contributed by atoms with Gasteiger partial charge in [-0.1, -0.05) is 0 Å². The average molecular weight is 217 g/mol. The van der Waals surface area contributed by atoms with Gasteiger partial charge in [-0.3, -0.25) is 0 Å². The third-order valence-corrected chi connectivity index (χ3v) is 1.95. The van der Waals surface area contributed by atoms with Gasteiger partial charge < -0.3 is 14.6 Å².